The summed E-state index contributed by atoms with van der Waals surface area (Å²) < 4.78 is 26.6. The fourth-order valence-corrected chi connectivity index (χ4v) is 9.44. The van der Waals surface area contributed by atoms with Gasteiger partial charge in [-0.15, -0.1) is 0 Å². The summed E-state index contributed by atoms with van der Waals surface area (Å²) in [6, 6.07) is 59.7. The molecule has 13 rings (SSSR count). The largest absolute Gasteiger partial charge is 0.481 e. The number of hydrogen-bond acceptors (Lipinski definition) is 4. The Balaban J connectivity index is 0.885. The Kier molecular flexibility index (Phi) is 6.53. The summed E-state index contributed by atoms with van der Waals surface area (Å²) >= 11 is 0. The summed E-state index contributed by atoms with van der Waals surface area (Å²) in [7, 11) is 0. The van der Waals surface area contributed by atoms with Gasteiger partial charge >= 0.3 is 0 Å². The average molecular weight is 745 g/mol. The minimum atomic E-state index is -0.278. The molecule has 0 bridgehead atoms. The van der Waals surface area contributed by atoms with E-state index in [2.05, 4.69) is 170 Å². The smallest absolute Gasteiger partial charge is 0.167 e. The molecule has 2 atom stereocenters. The zero-order valence-electron chi connectivity index (χ0n) is 31.1. The summed E-state index contributed by atoms with van der Waals surface area (Å²) in [5.41, 5.74) is 15.6. The lowest BCUT2D eigenvalue weighted by molar-refractivity contribution is 0.194. The number of ether oxygens (including phenoxy) is 1. The van der Waals surface area contributed by atoms with Crippen molar-refractivity contribution in [1.82, 2.24) is 0 Å². The van der Waals surface area contributed by atoms with E-state index in [9.17, 15) is 0 Å². The van der Waals surface area contributed by atoms with E-state index in [4.69, 9.17) is 18.0 Å². The highest BCUT2D eigenvalue weighted by Gasteiger charge is 2.41. The Hall–Kier alpha value is -7.56. The predicted octanol–water partition coefficient (Wildman–Crippen LogP) is 15.1. The van der Waals surface area contributed by atoms with Crippen molar-refractivity contribution in [2.45, 2.75) is 12.0 Å². The van der Waals surface area contributed by atoms with Crippen LogP contribution in [-0.4, -0.2) is 0 Å². The van der Waals surface area contributed by atoms with Gasteiger partial charge in [0.05, 0.1) is 5.92 Å². The van der Waals surface area contributed by atoms with Crippen molar-refractivity contribution in [3.63, 3.8) is 0 Å². The van der Waals surface area contributed by atoms with E-state index in [-0.39, 0.29) is 12.0 Å². The first-order valence-electron chi connectivity index (χ1n) is 19.8. The third-order valence-corrected chi connectivity index (χ3v) is 12.3. The Morgan fingerprint density at radius 2 is 0.897 bits per heavy atom. The molecule has 4 heteroatoms. The van der Waals surface area contributed by atoms with Gasteiger partial charge in [-0.1, -0.05) is 133 Å². The van der Waals surface area contributed by atoms with Crippen LogP contribution in [0.2, 0.25) is 0 Å². The molecular formula is C54H32O4. The van der Waals surface area contributed by atoms with Crippen molar-refractivity contribution in [3.05, 3.63) is 193 Å². The van der Waals surface area contributed by atoms with Crippen LogP contribution >= 0.6 is 0 Å². The van der Waals surface area contributed by atoms with E-state index >= 15 is 0 Å². The van der Waals surface area contributed by atoms with Crippen molar-refractivity contribution in [3.8, 4) is 50.3 Å². The second-order valence-corrected chi connectivity index (χ2v) is 15.5. The summed E-state index contributed by atoms with van der Waals surface area (Å²) in [6.45, 7) is 0. The summed E-state index contributed by atoms with van der Waals surface area (Å²) in [4.78, 5) is 0. The van der Waals surface area contributed by atoms with Crippen LogP contribution in [-0.2, 0) is 0 Å². The second-order valence-electron chi connectivity index (χ2n) is 15.5. The van der Waals surface area contributed by atoms with Crippen LogP contribution in [0.25, 0.3) is 105 Å². The van der Waals surface area contributed by atoms with Gasteiger partial charge in [0.15, 0.2) is 11.9 Å². The first kappa shape index (κ1) is 31.6. The van der Waals surface area contributed by atoms with Crippen LogP contribution in [0.15, 0.2) is 189 Å². The van der Waals surface area contributed by atoms with Crippen LogP contribution in [0.5, 0.6) is 5.75 Å². The lowest BCUT2D eigenvalue weighted by atomic mass is 9.86. The average Bonchev–Trinajstić information content (AvgIpc) is 4.06. The van der Waals surface area contributed by atoms with Crippen molar-refractivity contribution in [1.29, 1.82) is 0 Å². The van der Waals surface area contributed by atoms with Gasteiger partial charge in [-0.05, 0) is 81.9 Å². The van der Waals surface area contributed by atoms with E-state index in [0.29, 0.717) is 0 Å². The minimum Gasteiger partial charge on any atom is -0.481 e. The molecular weight excluding hydrogens is 713 g/mol. The molecule has 1 aliphatic heterocycles. The third-order valence-electron chi connectivity index (χ3n) is 12.3. The Morgan fingerprint density at radius 1 is 0.379 bits per heavy atom. The molecule has 0 saturated carbocycles. The number of benzene rings is 8. The highest BCUT2D eigenvalue weighted by atomic mass is 16.5. The van der Waals surface area contributed by atoms with Crippen molar-refractivity contribution < 1.29 is 18.0 Å². The minimum absolute atomic E-state index is 0.0332. The fraction of sp³-hybridized carbons (Fsp3) is 0.0370. The van der Waals surface area contributed by atoms with Crippen molar-refractivity contribution in [2.24, 2.45) is 0 Å². The van der Waals surface area contributed by atoms with E-state index in [1.165, 1.54) is 22.3 Å². The molecule has 0 saturated heterocycles. The molecule has 0 radical (unpaired) electrons. The molecule has 8 aromatic carbocycles. The van der Waals surface area contributed by atoms with Gasteiger partial charge in [0, 0.05) is 49.2 Å². The van der Waals surface area contributed by atoms with E-state index in [1.54, 1.807) is 0 Å². The van der Waals surface area contributed by atoms with Crippen LogP contribution in [0.4, 0.5) is 0 Å². The molecule has 0 fully saturated rings. The van der Waals surface area contributed by atoms with Gasteiger partial charge < -0.3 is 18.0 Å². The van der Waals surface area contributed by atoms with Gasteiger partial charge in [-0.3, -0.25) is 0 Å². The molecule has 272 valence electrons. The maximum atomic E-state index is 7.02. The molecule has 4 nitrogen and oxygen atoms in total. The number of rotatable bonds is 4. The Labute approximate surface area is 332 Å². The van der Waals surface area contributed by atoms with Crippen LogP contribution in [0.1, 0.15) is 28.9 Å². The molecule has 0 spiro atoms. The maximum Gasteiger partial charge on any atom is 0.167 e. The molecule has 58 heavy (non-hydrogen) atoms. The highest BCUT2D eigenvalue weighted by Crippen LogP contribution is 2.55. The fourth-order valence-electron chi connectivity index (χ4n) is 9.44. The van der Waals surface area contributed by atoms with Gasteiger partial charge in [-0.25, -0.2) is 0 Å². The van der Waals surface area contributed by atoms with E-state index < -0.39 is 0 Å². The molecule has 2 aliphatic rings. The molecule has 4 heterocycles. The summed E-state index contributed by atoms with van der Waals surface area (Å²) in [5, 5.41) is 5.45. The number of hydrogen-bond donors (Lipinski definition) is 0. The normalized spacial score (nSPS) is 15.7. The first-order valence-corrected chi connectivity index (χ1v) is 19.8. The van der Waals surface area contributed by atoms with Crippen molar-refractivity contribution in [2.75, 3.05) is 0 Å². The Morgan fingerprint density at radius 3 is 1.50 bits per heavy atom. The second kappa shape index (κ2) is 12.0. The SMILES string of the molecule is C1=CC2c3cccc(-c4ccc5oc6ccc(-c7ccccc7)cc6c5c4)c3OC2c2oc3c(-c4ccc5oc6ccc(-c7ccccc7)cc6c5c4)cccc3c21. The van der Waals surface area contributed by atoms with Gasteiger partial charge in [0.2, 0.25) is 0 Å². The number of para-hydroxylation sites is 2. The first-order chi connectivity index (χ1) is 28.7. The molecule has 1 aliphatic carbocycles. The Bertz CT molecular complexity index is 3490. The lowest BCUT2D eigenvalue weighted by Gasteiger charge is -2.18. The maximum absolute atomic E-state index is 7.02. The standard InChI is InChI=1S/C54H32O4/c1-3-9-31(10-4-1)33-17-23-47-43(27-33)45-29-35(19-25-49(45)55-47)37-13-7-15-39-41-21-22-42-40-16-8-14-38(52(40)58-54(42)53(41)57-51(37)39)36-20-26-50-46(30-36)44-28-34(18-24-48(44)56-50)32-11-5-2-6-12-32/h1-30,41,53H. The quantitative estimate of drug-likeness (QED) is 0.180. The summed E-state index contributed by atoms with van der Waals surface area (Å²) in [5.74, 6) is 1.80. The van der Waals surface area contributed by atoms with Crippen molar-refractivity contribution >= 4 is 60.9 Å². The highest BCUT2D eigenvalue weighted by molar-refractivity contribution is 6.10. The van der Waals surface area contributed by atoms with Crippen LogP contribution < -0.4 is 4.74 Å². The molecule has 3 aromatic heterocycles. The van der Waals surface area contributed by atoms with Crippen LogP contribution in [0.3, 0.4) is 0 Å². The number of fused-ring (bicyclic) bond motifs is 13. The zero-order chi connectivity index (χ0) is 37.9. The van der Waals surface area contributed by atoms with Gasteiger partial charge in [-0.2, -0.15) is 0 Å². The molecule has 0 amide bonds. The molecule has 2 unspecified atom stereocenters. The lowest BCUT2D eigenvalue weighted by Crippen LogP contribution is -2.11. The van der Waals surface area contributed by atoms with Gasteiger partial charge in [0.25, 0.3) is 0 Å². The van der Waals surface area contributed by atoms with E-state index in [1.807, 2.05) is 12.1 Å². The van der Waals surface area contributed by atoms with Gasteiger partial charge in [0.1, 0.15) is 33.7 Å². The monoisotopic (exact) mass is 744 g/mol. The summed E-state index contributed by atoms with van der Waals surface area (Å²) in [6.07, 6.45) is 4.24. The molecule has 11 aromatic rings. The van der Waals surface area contributed by atoms with E-state index in [0.717, 1.165) is 99.7 Å². The van der Waals surface area contributed by atoms with Crippen LogP contribution in [0, 0.1) is 0 Å². The third kappa shape index (κ3) is 4.63. The predicted molar refractivity (Wildman–Crippen MR) is 234 cm³/mol. The number of furan rings is 3. The molecule has 0 N–H and O–H groups in total. The zero-order valence-corrected chi connectivity index (χ0v) is 31.1. The topological polar surface area (TPSA) is 48.7 Å².